The van der Waals surface area contributed by atoms with Crippen LogP contribution in [0.1, 0.15) is 26.7 Å². The van der Waals surface area contributed by atoms with Crippen LogP contribution in [0.5, 0.6) is 0 Å². The second kappa shape index (κ2) is 6.38. The van der Waals surface area contributed by atoms with Gasteiger partial charge in [0.05, 0.1) is 13.2 Å². The Kier molecular flexibility index (Phi) is 4.83. The standard InChI is InChI=1S/C13H26N4O/c1-3-14-13(15-6-7-18)16-12-9-17(8-10(12)2)11-4-5-11/h10-12,18H,3-9H2,1-2H3,(H2,14,15,16). The van der Waals surface area contributed by atoms with E-state index in [0.29, 0.717) is 18.5 Å². The molecule has 1 saturated carbocycles. The lowest BCUT2D eigenvalue weighted by Crippen LogP contribution is -2.46. The van der Waals surface area contributed by atoms with Crippen molar-refractivity contribution in [2.75, 3.05) is 32.8 Å². The molecule has 1 heterocycles. The van der Waals surface area contributed by atoms with Crippen LogP contribution in [0.25, 0.3) is 0 Å². The lowest BCUT2D eigenvalue weighted by molar-refractivity contribution is 0.306. The molecule has 0 aromatic heterocycles. The molecule has 0 aromatic carbocycles. The molecule has 1 aliphatic heterocycles. The lowest BCUT2D eigenvalue weighted by Gasteiger charge is -2.20. The molecule has 2 unspecified atom stereocenters. The third kappa shape index (κ3) is 3.59. The largest absolute Gasteiger partial charge is 0.394 e. The maximum Gasteiger partial charge on any atom is 0.191 e. The normalized spacial score (nSPS) is 29.6. The fraction of sp³-hybridized carbons (Fsp3) is 0.923. The van der Waals surface area contributed by atoms with Crippen LogP contribution in [-0.2, 0) is 0 Å². The van der Waals surface area contributed by atoms with Crippen molar-refractivity contribution in [3.05, 3.63) is 0 Å². The molecule has 104 valence electrons. The van der Waals surface area contributed by atoms with E-state index in [9.17, 15) is 0 Å². The minimum atomic E-state index is 0.102. The number of rotatable bonds is 5. The van der Waals surface area contributed by atoms with Crippen molar-refractivity contribution >= 4 is 5.96 Å². The van der Waals surface area contributed by atoms with Gasteiger partial charge in [0.2, 0.25) is 0 Å². The van der Waals surface area contributed by atoms with Gasteiger partial charge in [0, 0.05) is 31.7 Å². The number of guanidine groups is 1. The fourth-order valence-electron chi connectivity index (χ4n) is 2.59. The summed E-state index contributed by atoms with van der Waals surface area (Å²) >= 11 is 0. The summed E-state index contributed by atoms with van der Waals surface area (Å²) < 4.78 is 0. The molecule has 5 heteroatoms. The van der Waals surface area contributed by atoms with Crippen LogP contribution in [0.2, 0.25) is 0 Å². The van der Waals surface area contributed by atoms with E-state index in [-0.39, 0.29) is 6.61 Å². The Morgan fingerprint density at radius 2 is 2.17 bits per heavy atom. The quantitative estimate of drug-likeness (QED) is 0.478. The first kappa shape index (κ1) is 13.6. The first-order valence-corrected chi connectivity index (χ1v) is 7.14. The van der Waals surface area contributed by atoms with Gasteiger partial charge in [-0.1, -0.05) is 6.92 Å². The van der Waals surface area contributed by atoms with E-state index in [4.69, 9.17) is 5.11 Å². The molecule has 2 fully saturated rings. The fourth-order valence-corrected chi connectivity index (χ4v) is 2.59. The van der Waals surface area contributed by atoms with E-state index in [0.717, 1.165) is 25.1 Å². The zero-order valence-corrected chi connectivity index (χ0v) is 11.5. The highest BCUT2D eigenvalue weighted by molar-refractivity contribution is 5.80. The molecule has 0 amide bonds. The predicted octanol–water partition coefficient (Wildman–Crippen LogP) is 0.0165. The van der Waals surface area contributed by atoms with Crippen molar-refractivity contribution < 1.29 is 5.11 Å². The number of aliphatic hydroxyl groups is 1. The Morgan fingerprint density at radius 3 is 2.78 bits per heavy atom. The number of nitrogens with one attached hydrogen (secondary N) is 2. The summed E-state index contributed by atoms with van der Waals surface area (Å²) in [4.78, 5) is 6.94. The van der Waals surface area contributed by atoms with Crippen molar-refractivity contribution in [2.24, 2.45) is 10.9 Å². The Balaban J connectivity index is 1.85. The van der Waals surface area contributed by atoms with Crippen LogP contribution in [0.4, 0.5) is 0 Å². The Labute approximate surface area is 110 Å². The van der Waals surface area contributed by atoms with E-state index in [1.54, 1.807) is 0 Å². The molecule has 0 aromatic rings. The van der Waals surface area contributed by atoms with Crippen molar-refractivity contribution in [2.45, 2.75) is 38.8 Å². The average Bonchev–Trinajstić information content (AvgIpc) is 3.13. The Bertz CT molecular complexity index is 291. The van der Waals surface area contributed by atoms with E-state index in [1.165, 1.54) is 19.4 Å². The molecule has 0 spiro atoms. The SMILES string of the molecule is CCNC(=NCCO)NC1CN(C2CC2)CC1C. The molecule has 2 rings (SSSR count). The monoisotopic (exact) mass is 254 g/mol. The van der Waals surface area contributed by atoms with Crippen LogP contribution >= 0.6 is 0 Å². The number of aliphatic hydroxyl groups excluding tert-OH is 1. The van der Waals surface area contributed by atoms with E-state index in [2.05, 4.69) is 34.4 Å². The number of hydrogen-bond donors (Lipinski definition) is 3. The van der Waals surface area contributed by atoms with Gasteiger partial charge >= 0.3 is 0 Å². The number of likely N-dealkylation sites (tertiary alicyclic amines) is 1. The van der Waals surface area contributed by atoms with Crippen LogP contribution in [0, 0.1) is 5.92 Å². The summed E-state index contributed by atoms with van der Waals surface area (Å²) in [5.41, 5.74) is 0. The molecule has 1 saturated heterocycles. The zero-order valence-electron chi connectivity index (χ0n) is 11.5. The maximum absolute atomic E-state index is 8.85. The molecular weight excluding hydrogens is 228 g/mol. The topological polar surface area (TPSA) is 59.9 Å². The minimum Gasteiger partial charge on any atom is -0.394 e. The summed E-state index contributed by atoms with van der Waals surface area (Å²) in [6.45, 7) is 8.09. The molecule has 2 atom stereocenters. The third-order valence-electron chi connectivity index (χ3n) is 3.74. The Hall–Kier alpha value is -0.810. The second-order valence-electron chi connectivity index (χ2n) is 5.40. The summed E-state index contributed by atoms with van der Waals surface area (Å²) in [6.07, 6.45) is 2.75. The number of nitrogens with zero attached hydrogens (tertiary/aromatic N) is 2. The van der Waals surface area contributed by atoms with Crippen molar-refractivity contribution in [1.29, 1.82) is 0 Å². The van der Waals surface area contributed by atoms with Gasteiger partial charge in [-0.25, -0.2) is 0 Å². The number of hydrogen-bond acceptors (Lipinski definition) is 3. The first-order chi connectivity index (χ1) is 8.74. The highest BCUT2D eigenvalue weighted by atomic mass is 16.3. The van der Waals surface area contributed by atoms with Gasteiger partial charge < -0.3 is 15.7 Å². The minimum absolute atomic E-state index is 0.102. The van der Waals surface area contributed by atoms with Gasteiger partial charge in [0.1, 0.15) is 0 Å². The van der Waals surface area contributed by atoms with Crippen LogP contribution in [0.3, 0.4) is 0 Å². The van der Waals surface area contributed by atoms with Crippen molar-refractivity contribution in [3.63, 3.8) is 0 Å². The maximum atomic E-state index is 8.85. The van der Waals surface area contributed by atoms with Crippen LogP contribution < -0.4 is 10.6 Å². The zero-order chi connectivity index (χ0) is 13.0. The molecule has 0 bridgehead atoms. The molecular formula is C13H26N4O. The van der Waals surface area contributed by atoms with Gasteiger partial charge in [0.25, 0.3) is 0 Å². The van der Waals surface area contributed by atoms with Crippen LogP contribution in [-0.4, -0.2) is 60.8 Å². The average molecular weight is 254 g/mol. The van der Waals surface area contributed by atoms with Gasteiger partial charge in [-0.2, -0.15) is 0 Å². The Morgan fingerprint density at radius 1 is 1.39 bits per heavy atom. The van der Waals surface area contributed by atoms with E-state index >= 15 is 0 Å². The lowest BCUT2D eigenvalue weighted by atomic mass is 10.1. The molecule has 5 nitrogen and oxygen atoms in total. The summed E-state index contributed by atoms with van der Waals surface area (Å²) in [7, 11) is 0. The van der Waals surface area contributed by atoms with Crippen molar-refractivity contribution in [3.8, 4) is 0 Å². The third-order valence-corrected chi connectivity index (χ3v) is 3.74. The van der Waals surface area contributed by atoms with Gasteiger partial charge in [-0.15, -0.1) is 0 Å². The molecule has 3 N–H and O–H groups in total. The second-order valence-corrected chi connectivity index (χ2v) is 5.40. The van der Waals surface area contributed by atoms with Crippen LogP contribution in [0.15, 0.2) is 4.99 Å². The summed E-state index contributed by atoms with van der Waals surface area (Å²) in [5.74, 6) is 1.49. The summed E-state index contributed by atoms with van der Waals surface area (Å²) in [5, 5.41) is 15.6. The molecule has 0 radical (unpaired) electrons. The molecule has 18 heavy (non-hydrogen) atoms. The number of aliphatic imine (C=N–C) groups is 1. The predicted molar refractivity (Wildman–Crippen MR) is 73.7 cm³/mol. The smallest absolute Gasteiger partial charge is 0.191 e. The molecule has 1 aliphatic carbocycles. The highest BCUT2D eigenvalue weighted by Gasteiger charge is 2.38. The van der Waals surface area contributed by atoms with E-state index < -0.39 is 0 Å². The molecule has 2 aliphatic rings. The van der Waals surface area contributed by atoms with Gasteiger partial charge in [-0.05, 0) is 25.7 Å². The first-order valence-electron chi connectivity index (χ1n) is 7.14. The van der Waals surface area contributed by atoms with Gasteiger partial charge in [0.15, 0.2) is 5.96 Å². The van der Waals surface area contributed by atoms with Crippen molar-refractivity contribution in [1.82, 2.24) is 15.5 Å². The van der Waals surface area contributed by atoms with E-state index in [1.807, 2.05) is 0 Å². The summed E-state index contributed by atoms with van der Waals surface area (Å²) in [6, 6.07) is 1.32. The van der Waals surface area contributed by atoms with Gasteiger partial charge in [-0.3, -0.25) is 9.89 Å². The highest BCUT2D eigenvalue weighted by Crippen LogP contribution is 2.31.